The summed E-state index contributed by atoms with van der Waals surface area (Å²) in [6.07, 6.45) is 1.56. The molecule has 2 aromatic rings. The minimum atomic E-state index is -0.588. The molecule has 1 amide bonds. The number of nitrogens with one attached hydrogen (secondary N) is 1. The van der Waals surface area contributed by atoms with Gasteiger partial charge in [-0.2, -0.15) is 0 Å². The summed E-state index contributed by atoms with van der Waals surface area (Å²) in [7, 11) is 1.28. The summed E-state index contributed by atoms with van der Waals surface area (Å²) in [4.78, 5) is 39.0. The summed E-state index contributed by atoms with van der Waals surface area (Å²) in [5.74, 6) is -0.333. The highest BCUT2D eigenvalue weighted by Crippen LogP contribution is 2.30. The summed E-state index contributed by atoms with van der Waals surface area (Å²) in [5, 5.41) is 2.67. The van der Waals surface area contributed by atoms with Gasteiger partial charge >= 0.3 is 11.9 Å². The van der Waals surface area contributed by atoms with Crippen LogP contribution >= 0.6 is 0 Å². The smallest absolute Gasteiger partial charge is 0.363 e. The number of carbonyl (C=O) groups is 3. The van der Waals surface area contributed by atoms with Crippen molar-refractivity contribution in [1.82, 2.24) is 0 Å². The van der Waals surface area contributed by atoms with Gasteiger partial charge in [0.15, 0.2) is 23.8 Å². The van der Waals surface area contributed by atoms with Crippen LogP contribution in [0.2, 0.25) is 0 Å². The number of carbonyl (C=O) groups excluding carboxylic acids is 3. The van der Waals surface area contributed by atoms with E-state index in [1.54, 1.807) is 48.5 Å². The predicted molar refractivity (Wildman–Crippen MR) is 116 cm³/mol. The molecule has 9 nitrogen and oxygen atoms in total. The number of hydrogen-bond acceptors (Lipinski definition) is 8. The molecule has 1 heterocycles. The van der Waals surface area contributed by atoms with Crippen molar-refractivity contribution in [2.45, 2.75) is 13.8 Å². The van der Waals surface area contributed by atoms with Crippen LogP contribution in [0.3, 0.4) is 0 Å². The predicted octanol–water partition coefficient (Wildman–Crippen LogP) is 2.94. The topological polar surface area (TPSA) is 113 Å². The number of nitrogens with zero attached hydrogens (tertiary/aromatic N) is 1. The molecule has 0 aromatic heterocycles. The number of hydrogen-bond donors (Lipinski definition) is 1. The summed E-state index contributed by atoms with van der Waals surface area (Å²) < 4.78 is 20.9. The summed E-state index contributed by atoms with van der Waals surface area (Å²) in [6.45, 7) is 3.37. The maximum absolute atomic E-state index is 12.3. The molecule has 2 aromatic carbocycles. The first-order chi connectivity index (χ1) is 15.4. The lowest BCUT2D eigenvalue weighted by molar-refractivity contribution is -0.143. The number of benzene rings is 2. The molecule has 0 saturated carbocycles. The molecule has 0 saturated heterocycles. The molecule has 0 atom stereocenters. The summed E-state index contributed by atoms with van der Waals surface area (Å²) in [5.41, 5.74) is 1.98. The third kappa shape index (κ3) is 5.72. The molecule has 3 rings (SSSR count). The van der Waals surface area contributed by atoms with Crippen LogP contribution in [0, 0.1) is 0 Å². The van der Waals surface area contributed by atoms with Crippen LogP contribution in [0.4, 0.5) is 5.69 Å². The van der Waals surface area contributed by atoms with Crippen LogP contribution in [0.25, 0.3) is 6.08 Å². The molecule has 0 fully saturated rings. The second-order valence-corrected chi connectivity index (χ2v) is 6.60. The van der Waals surface area contributed by atoms with Crippen molar-refractivity contribution in [3.63, 3.8) is 0 Å². The molecule has 0 bridgehead atoms. The van der Waals surface area contributed by atoms with Crippen LogP contribution in [0.5, 0.6) is 11.5 Å². The lowest BCUT2D eigenvalue weighted by Crippen LogP contribution is -2.13. The highest BCUT2D eigenvalue weighted by molar-refractivity contribution is 6.13. The molecule has 1 aliphatic rings. The lowest BCUT2D eigenvalue weighted by atomic mass is 10.1. The Morgan fingerprint density at radius 3 is 2.50 bits per heavy atom. The number of rotatable bonds is 8. The van der Waals surface area contributed by atoms with Crippen LogP contribution in [0.15, 0.2) is 53.2 Å². The van der Waals surface area contributed by atoms with Gasteiger partial charge < -0.3 is 24.3 Å². The van der Waals surface area contributed by atoms with Gasteiger partial charge in [-0.1, -0.05) is 6.07 Å². The van der Waals surface area contributed by atoms with Gasteiger partial charge in [0.1, 0.15) is 0 Å². The van der Waals surface area contributed by atoms with Gasteiger partial charge in [0.2, 0.25) is 11.8 Å². The number of aliphatic imine (C=N–C) groups is 1. The fraction of sp³-hybridized carbons (Fsp3) is 0.217. The van der Waals surface area contributed by atoms with Crippen LogP contribution < -0.4 is 14.8 Å². The van der Waals surface area contributed by atoms with Crippen molar-refractivity contribution in [2.75, 3.05) is 25.6 Å². The fourth-order valence-corrected chi connectivity index (χ4v) is 2.79. The molecule has 1 N–H and O–H groups in total. The van der Waals surface area contributed by atoms with Crippen molar-refractivity contribution >= 4 is 35.5 Å². The molecular formula is C23H22N2O7. The Morgan fingerprint density at radius 2 is 1.84 bits per heavy atom. The van der Waals surface area contributed by atoms with Crippen molar-refractivity contribution in [3.05, 3.63) is 59.3 Å². The zero-order valence-electron chi connectivity index (χ0n) is 17.8. The first kappa shape index (κ1) is 22.5. The zero-order valence-corrected chi connectivity index (χ0v) is 17.8. The van der Waals surface area contributed by atoms with E-state index in [9.17, 15) is 14.4 Å². The maximum atomic E-state index is 12.3. The highest BCUT2D eigenvalue weighted by Gasteiger charge is 2.24. The van der Waals surface area contributed by atoms with E-state index in [4.69, 9.17) is 14.2 Å². The Labute approximate surface area is 184 Å². The molecule has 1 aliphatic heterocycles. The molecule has 0 aliphatic carbocycles. The molecule has 32 heavy (non-hydrogen) atoms. The molecule has 166 valence electrons. The van der Waals surface area contributed by atoms with Crippen molar-refractivity contribution in [1.29, 1.82) is 0 Å². The Bertz CT molecular complexity index is 1090. The SMILES string of the molecule is CCOc1cc(/C=C2\N=C(c3ccc(NC(C)=O)cc3)OC2=O)ccc1OCC(=O)OC. The Balaban J connectivity index is 1.81. The first-order valence-electron chi connectivity index (χ1n) is 9.76. The number of anilines is 1. The number of cyclic esters (lactones) is 1. The van der Waals surface area contributed by atoms with E-state index in [1.807, 2.05) is 6.92 Å². The molecular weight excluding hydrogens is 416 g/mol. The second kappa shape index (κ2) is 10.3. The molecule has 9 heteroatoms. The average molecular weight is 438 g/mol. The van der Waals surface area contributed by atoms with Gasteiger partial charge in [-0.3, -0.25) is 4.79 Å². The first-order valence-corrected chi connectivity index (χ1v) is 9.76. The van der Waals surface area contributed by atoms with Crippen LogP contribution in [-0.2, 0) is 23.9 Å². The zero-order chi connectivity index (χ0) is 23.1. The van der Waals surface area contributed by atoms with E-state index < -0.39 is 11.9 Å². The number of methoxy groups -OCH3 is 1. The second-order valence-electron chi connectivity index (χ2n) is 6.60. The Morgan fingerprint density at radius 1 is 1.09 bits per heavy atom. The minimum absolute atomic E-state index is 0.122. The maximum Gasteiger partial charge on any atom is 0.363 e. The van der Waals surface area contributed by atoms with E-state index >= 15 is 0 Å². The van der Waals surface area contributed by atoms with E-state index in [2.05, 4.69) is 15.0 Å². The lowest BCUT2D eigenvalue weighted by Gasteiger charge is -2.11. The van der Waals surface area contributed by atoms with Gasteiger partial charge in [0, 0.05) is 18.2 Å². The standard InChI is InChI=1S/C23H22N2O7/c1-4-30-20-12-15(5-10-19(20)31-13-21(27)29-3)11-18-23(28)32-22(25-18)16-6-8-17(9-7-16)24-14(2)26/h5-12H,4,13H2,1-3H3,(H,24,26)/b18-11-. The van der Waals surface area contributed by atoms with Crippen molar-refractivity contribution in [2.24, 2.45) is 4.99 Å². The van der Waals surface area contributed by atoms with Gasteiger partial charge in [0.05, 0.1) is 13.7 Å². The van der Waals surface area contributed by atoms with E-state index in [1.165, 1.54) is 14.0 Å². The van der Waals surface area contributed by atoms with Gasteiger partial charge in [-0.15, -0.1) is 0 Å². The molecule has 0 unspecified atom stereocenters. The third-order valence-electron chi connectivity index (χ3n) is 4.22. The minimum Gasteiger partial charge on any atom is -0.490 e. The number of esters is 2. The quantitative estimate of drug-likeness (QED) is 0.498. The summed E-state index contributed by atoms with van der Waals surface area (Å²) in [6, 6.07) is 11.8. The van der Waals surface area contributed by atoms with Crippen molar-refractivity contribution < 1.29 is 33.3 Å². The van der Waals surface area contributed by atoms with Crippen molar-refractivity contribution in [3.8, 4) is 11.5 Å². The van der Waals surface area contributed by atoms with Gasteiger partial charge in [-0.25, -0.2) is 14.6 Å². The number of amides is 1. The largest absolute Gasteiger partial charge is 0.490 e. The van der Waals surface area contributed by atoms with Gasteiger partial charge in [-0.05, 0) is 55.0 Å². The molecule has 0 spiro atoms. The Hall–Kier alpha value is -4.14. The highest BCUT2D eigenvalue weighted by atomic mass is 16.6. The molecule has 0 radical (unpaired) electrons. The number of ether oxygens (including phenoxy) is 4. The van der Waals surface area contributed by atoms with E-state index in [0.29, 0.717) is 34.9 Å². The normalized spacial score (nSPS) is 13.9. The monoisotopic (exact) mass is 438 g/mol. The van der Waals surface area contributed by atoms with E-state index in [0.717, 1.165) is 0 Å². The average Bonchev–Trinajstić information content (AvgIpc) is 3.13. The third-order valence-corrected chi connectivity index (χ3v) is 4.22. The Kier molecular flexibility index (Phi) is 7.22. The fourth-order valence-electron chi connectivity index (χ4n) is 2.79. The van der Waals surface area contributed by atoms with Gasteiger partial charge in [0.25, 0.3) is 0 Å². The summed E-state index contributed by atoms with van der Waals surface area (Å²) >= 11 is 0. The van der Waals surface area contributed by atoms with E-state index in [-0.39, 0.29) is 24.1 Å². The van der Waals surface area contributed by atoms with Crippen LogP contribution in [-0.4, -0.2) is 44.1 Å². The van der Waals surface area contributed by atoms with Crippen LogP contribution in [0.1, 0.15) is 25.0 Å².